The zero-order chi connectivity index (χ0) is 14.9. The predicted octanol–water partition coefficient (Wildman–Crippen LogP) is 1.39. The van der Waals surface area contributed by atoms with Gasteiger partial charge in [-0.15, -0.1) is 0 Å². The van der Waals surface area contributed by atoms with Crippen LogP contribution in [0.2, 0.25) is 0 Å². The van der Waals surface area contributed by atoms with Gasteiger partial charge in [0, 0.05) is 13.1 Å². The third kappa shape index (κ3) is 2.19. The van der Waals surface area contributed by atoms with Crippen molar-refractivity contribution in [3.63, 3.8) is 0 Å². The summed E-state index contributed by atoms with van der Waals surface area (Å²) in [5.74, 6) is -1.29. The van der Waals surface area contributed by atoms with Crippen molar-refractivity contribution in [2.45, 2.75) is 20.8 Å². The molecule has 0 atom stereocenters. The summed E-state index contributed by atoms with van der Waals surface area (Å²) < 4.78 is 0. The van der Waals surface area contributed by atoms with E-state index in [0.29, 0.717) is 24.3 Å². The Morgan fingerprint density at radius 2 is 1.85 bits per heavy atom. The molecule has 0 spiro atoms. The van der Waals surface area contributed by atoms with Gasteiger partial charge in [-0.3, -0.25) is 19.3 Å². The highest BCUT2D eigenvalue weighted by Crippen LogP contribution is 2.31. The van der Waals surface area contributed by atoms with Gasteiger partial charge in [-0.1, -0.05) is 12.1 Å². The SMILES string of the molecule is CCN(CC)C(=O)CN1C(=O)C(=O)c2cccc(C)c21. The molecule has 1 aromatic carbocycles. The lowest BCUT2D eigenvalue weighted by Gasteiger charge is -2.23. The van der Waals surface area contributed by atoms with Crippen LogP contribution in [-0.2, 0) is 9.59 Å². The quantitative estimate of drug-likeness (QED) is 0.780. The highest BCUT2D eigenvalue weighted by atomic mass is 16.2. The van der Waals surface area contributed by atoms with Crippen molar-refractivity contribution in [3.05, 3.63) is 29.3 Å². The van der Waals surface area contributed by atoms with Crippen molar-refractivity contribution in [2.24, 2.45) is 0 Å². The summed E-state index contributed by atoms with van der Waals surface area (Å²) in [5.41, 5.74) is 1.79. The van der Waals surface area contributed by atoms with Crippen LogP contribution in [0.15, 0.2) is 18.2 Å². The number of nitrogens with zero attached hydrogens (tertiary/aromatic N) is 2. The first-order valence-corrected chi connectivity index (χ1v) is 6.74. The molecule has 2 rings (SSSR count). The van der Waals surface area contributed by atoms with Crippen molar-refractivity contribution < 1.29 is 14.4 Å². The second kappa shape index (κ2) is 5.45. The third-order valence-electron chi connectivity index (χ3n) is 3.60. The van der Waals surface area contributed by atoms with Crippen molar-refractivity contribution >= 4 is 23.3 Å². The van der Waals surface area contributed by atoms with E-state index >= 15 is 0 Å². The van der Waals surface area contributed by atoms with Gasteiger partial charge in [0.2, 0.25) is 5.91 Å². The van der Waals surface area contributed by atoms with E-state index in [1.54, 1.807) is 17.0 Å². The number of fused-ring (bicyclic) bond motifs is 1. The Hall–Kier alpha value is -2.17. The molecule has 0 unspecified atom stereocenters. The largest absolute Gasteiger partial charge is 0.342 e. The van der Waals surface area contributed by atoms with Crippen LogP contribution in [0.5, 0.6) is 0 Å². The van der Waals surface area contributed by atoms with Crippen LogP contribution in [0, 0.1) is 6.92 Å². The summed E-state index contributed by atoms with van der Waals surface area (Å²) >= 11 is 0. The van der Waals surface area contributed by atoms with Gasteiger partial charge in [-0.2, -0.15) is 0 Å². The first kappa shape index (κ1) is 14.2. The molecule has 1 aliphatic rings. The topological polar surface area (TPSA) is 57.7 Å². The highest BCUT2D eigenvalue weighted by Gasteiger charge is 2.38. The predicted molar refractivity (Wildman–Crippen MR) is 75.8 cm³/mol. The number of amides is 2. The third-order valence-corrected chi connectivity index (χ3v) is 3.60. The minimum absolute atomic E-state index is 0.0793. The second-order valence-corrected chi connectivity index (χ2v) is 4.76. The fourth-order valence-corrected chi connectivity index (χ4v) is 2.50. The zero-order valence-electron chi connectivity index (χ0n) is 12.0. The second-order valence-electron chi connectivity index (χ2n) is 4.76. The summed E-state index contributed by atoms with van der Waals surface area (Å²) in [6, 6.07) is 5.21. The molecule has 0 N–H and O–H groups in total. The number of ketones is 1. The molecule has 0 saturated heterocycles. The molecule has 106 valence electrons. The molecule has 0 radical (unpaired) electrons. The number of Topliss-reactive ketones (excluding diaryl/α,β-unsaturated/α-hetero) is 1. The van der Waals surface area contributed by atoms with Gasteiger partial charge >= 0.3 is 0 Å². The Balaban J connectivity index is 2.33. The molecular formula is C15H18N2O3. The summed E-state index contributed by atoms with van der Waals surface area (Å²) in [7, 11) is 0. The monoisotopic (exact) mass is 274 g/mol. The van der Waals surface area contributed by atoms with Gasteiger partial charge in [0.25, 0.3) is 11.7 Å². The maximum atomic E-state index is 12.2. The number of benzene rings is 1. The molecule has 20 heavy (non-hydrogen) atoms. The van der Waals surface area contributed by atoms with Gasteiger partial charge in [0.05, 0.1) is 11.3 Å². The van der Waals surface area contributed by atoms with Crippen molar-refractivity contribution in [1.29, 1.82) is 0 Å². The van der Waals surface area contributed by atoms with Crippen LogP contribution in [0.1, 0.15) is 29.8 Å². The normalized spacial score (nSPS) is 13.7. The lowest BCUT2D eigenvalue weighted by atomic mass is 10.1. The van der Waals surface area contributed by atoms with Crippen molar-refractivity contribution in [2.75, 3.05) is 24.5 Å². The molecule has 0 saturated carbocycles. The van der Waals surface area contributed by atoms with Crippen molar-refractivity contribution in [1.82, 2.24) is 4.90 Å². The molecule has 0 aromatic heterocycles. The van der Waals surface area contributed by atoms with E-state index in [9.17, 15) is 14.4 Å². The summed E-state index contributed by atoms with van der Waals surface area (Å²) in [6.45, 7) is 6.71. The minimum atomic E-state index is -0.616. The molecule has 2 amide bonds. The van der Waals surface area contributed by atoms with E-state index in [1.807, 2.05) is 26.8 Å². The number of anilines is 1. The molecular weight excluding hydrogens is 256 g/mol. The first-order chi connectivity index (χ1) is 9.51. The molecule has 1 aliphatic heterocycles. The average molecular weight is 274 g/mol. The van der Waals surface area contributed by atoms with Gasteiger partial charge in [-0.25, -0.2) is 0 Å². The van der Waals surface area contributed by atoms with Crippen LogP contribution >= 0.6 is 0 Å². The summed E-state index contributed by atoms with van der Waals surface area (Å²) in [5, 5.41) is 0. The average Bonchev–Trinajstić information content (AvgIpc) is 2.67. The molecule has 5 heteroatoms. The number of likely N-dealkylation sites (N-methyl/N-ethyl adjacent to an activating group) is 1. The van der Waals surface area contributed by atoms with Gasteiger partial charge in [0.1, 0.15) is 6.54 Å². The standard InChI is InChI=1S/C15H18N2O3/c1-4-16(5-2)12(18)9-17-13-10(3)7-6-8-11(13)14(19)15(17)20/h6-8H,4-5,9H2,1-3H3. The maximum Gasteiger partial charge on any atom is 0.299 e. The Labute approximate surface area is 118 Å². The van der Waals surface area contributed by atoms with Gasteiger partial charge in [-0.05, 0) is 32.4 Å². The smallest absolute Gasteiger partial charge is 0.299 e. The Morgan fingerprint density at radius 1 is 1.20 bits per heavy atom. The maximum absolute atomic E-state index is 12.2. The minimum Gasteiger partial charge on any atom is -0.342 e. The van der Waals surface area contributed by atoms with Crippen LogP contribution in [0.3, 0.4) is 0 Å². The Kier molecular flexibility index (Phi) is 3.88. The molecule has 0 fully saturated rings. The summed E-state index contributed by atoms with van der Waals surface area (Å²) in [4.78, 5) is 39.1. The number of para-hydroxylation sites is 1. The van der Waals surface area contributed by atoms with Crippen molar-refractivity contribution in [3.8, 4) is 0 Å². The number of hydrogen-bond donors (Lipinski definition) is 0. The Bertz CT molecular complexity index is 576. The van der Waals surface area contributed by atoms with E-state index < -0.39 is 11.7 Å². The van der Waals surface area contributed by atoms with Crippen LogP contribution in [-0.4, -0.2) is 42.1 Å². The number of hydrogen-bond acceptors (Lipinski definition) is 3. The van der Waals surface area contributed by atoms with Crippen LogP contribution < -0.4 is 4.90 Å². The fraction of sp³-hybridized carbons (Fsp3) is 0.400. The summed E-state index contributed by atoms with van der Waals surface area (Å²) in [6.07, 6.45) is 0. The van der Waals surface area contributed by atoms with E-state index in [4.69, 9.17) is 0 Å². The lowest BCUT2D eigenvalue weighted by Crippen LogP contribution is -2.42. The van der Waals surface area contributed by atoms with E-state index in [-0.39, 0.29) is 12.5 Å². The lowest BCUT2D eigenvalue weighted by molar-refractivity contribution is -0.130. The molecule has 1 aromatic rings. The molecule has 1 heterocycles. The van der Waals surface area contributed by atoms with Gasteiger partial charge < -0.3 is 4.90 Å². The van der Waals surface area contributed by atoms with Crippen LogP contribution in [0.25, 0.3) is 0 Å². The zero-order valence-corrected chi connectivity index (χ0v) is 12.0. The number of carbonyl (C=O) groups is 3. The number of aryl methyl sites for hydroxylation is 1. The van der Waals surface area contributed by atoms with E-state index in [2.05, 4.69) is 0 Å². The molecule has 0 bridgehead atoms. The molecule has 5 nitrogen and oxygen atoms in total. The number of rotatable bonds is 4. The van der Waals surface area contributed by atoms with E-state index in [0.717, 1.165) is 5.56 Å². The van der Waals surface area contributed by atoms with Crippen LogP contribution in [0.4, 0.5) is 5.69 Å². The fourth-order valence-electron chi connectivity index (χ4n) is 2.50. The highest BCUT2D eigenvalue weighted by molar-refractivity contribution is 6.52. The first-order valence-electron chi connectivity index (χ1n) is 6.74. The Morgan fingerprint density at radius 3 is 2.45 bits per heavy atom. The van der Waals surface area contributed by atoms with E-state index in [1.165, 1.54) is 4.90 Å². The van der Waals surface area contributed by atoms with Gasteiger partial charge in [0.15, 0.2) is 0 Å². The molecule has 0 aliphatic carbocycles. The number of carbonyl (C=O) groups excluding carboxylic acids is 3.